The molecular weight excluding hydrogens is 303 g/mol. The molecule has 0 bridgehead atoms. The predicted molar refractivity (Wildman–Crippen MR) is 72.6 cm³/mol. The molecule has 0 heterocycles. The molecule has 0 aliphatic rings. The number of carboxylic acid groups (broad SMARTS) is 1. The third-order valence-corrected chi connectivity index (χ3v) is 3.48. The number of unbranched alkanes of at least 4 members (excludes halogenated alkanes) is 3. The number of alkyl halides is 1. The van der Waals surface area contributed by atoms with Crippen LogP contribution >= 0.6 is 22.6 Å². The van der Waals surface area contributed by atoms with Gasteiger partial charge in [0.2, 0.25) is 0 Å². The third kappa shape index (κ3) is 7.14. The lowest BCUT2D eigenvalue weighted by Crippen LogP contribution is -2.28. The summed E-state index contributed by atoms with van der Waals surface area (Å²) >= 11 is 2.38. The van der Waals surface area contributed by atoms with E-state index in [1.807, 2.05) is 20.8 Å². The van der Waals surface area contributed by atoms with E-state index in [0.717, 1.165) is 12.8 Å². The Morgan fingerprint density at radius 3 is 2.13 bits per heavy atom. The smallest absolute Gasteiger partial charge is 0.307 e. The highest BCUT2D eigenvalue weighted by Gasteiger charge is 2.30. The maximum Gasteiger partial charge on any atom is 0.307 e. The van der Waals surface area contributed by atoms with Gasteiger partial charge in [-0.25, -0.2) is 0 Å². The van der Waals surface area contributed by atoms with Gasteiger partial charge in [-0.1, -0.05) is 62.6 Å². The van der Waals surface area contributed by atoms with E-state index in [-0.39, 0.29) is 11.3 Å². The van der Waals surface area contributed by atoms with Gasteiger partial charge in [0.15, 0.2) is 0 Å². The molecule has 0 spiro atoms. The molecule has 0 aromatic heterocycles. The van der Waals surface area contributed by atoms with Crippen molar-refractivity contribution in [1.82, 2.24) is 0 Å². The van der Waals surface area contributed by atoms with Gasteiger partial charge in [-0.3, -0.25) is 4.79 Å². The zero-order valence-electron chi connectivity index (χ0n) is 10.1. The second kappa shape index (κ2) is 7.47. The largest absolute Gasteiger partial charge is 0.481 e. The SMILES string of the molecule is CC(C)(C)C(CCCCCCI)C(=O)O. The van der Waals surface area contributed by atoms with Gasteiger partial charge in [-0.05, 0) is 22.7 Å². The molecule has 2 nitrogen and oxygen atoms in total. The van der Waals surface area contributed by atoms with Crippen LogP contribution in [0, 0.1) is 11.3 Å². The Hall–Kier alpha value is 0.200. The summed E-state index contributed by atoms with van der Waals surface area (Å²) in [5.41, 5.74) is -0.116. The molecule has 0 aromatic carbocycles. The first-order valence-corrected chi connectivity index (χ1v) is 7.21. The molecule has 0 rings (SSSR count). The minimum atomic E-state index is -0.642. The van der Waals surface area contributed by atoms with Crippen LogP contribution in [0.15, 0.2) is 0 Å². The zero-order chi connectivity index (χ0) is 11.9. The van der Waals surface area contributed by atoms with E-state index in [9.17, 15) is 4.79 Å². The Morgan fingerprint density at radius 1 is 1.20 bits per heavy atom. The summed E-state index contributed by atoms with van der Waals surface area (Å²) in [7, 11) is 0. The van der Waals surface area contributed by atoms with E-state index in [1.54, 1.807) is 0 Å². The lowest BCUT2D eigenvalue weighted by molar-refractivity contribution is -0.145. The van der Waals surface area contributed by atoms with Crippen LogP contribution in [0.1, 0.15) is 52.9 Å². The van der Waals surface area contributed by atoms with Crippen LogP contribution in [0.5, 0.6) is 0 Å². The second-order valence-electron chi connectivity index (χ2n) is 5.15. The molecule has 0 aliphatic carbocycles. The van der Waals surface area contributed by atoms with Gasteiger partial charge in [-0.15, -0.1) is 0 Å². The maximum absolute atomic E-state index is 11.1. The lowest BCUT2D eigenvalue weighted by atomic mass is 9.78. The first-order valence-electron chi connectivity index (χ1n) is 5.68. The number of carbonyl (C=O) groups is 1. The Kier molecular flexibility index (Phi) is 7.57. The maximum atomic E-state index is 11.1. The van der Waals surface area contributed by atoms with Crippen molar-refractivity contribution in [1.29, 1.82) is 0 Å². The molecule has 0 aliphatic heterocycles. The van der Waals surface area contributed by atoms with Gasteiger partial charge in [0.05, 0.1) is 5.92 Å². The van der Waals surface area contributed by atoms with Crippen molar-refractivity contribution in [2.45, 2.75) is 52.9 Å². The zero-order valence-corrected chi connectivity index (χ0v) is 12.2. The average Bonchev–Trinajstić information content (AvgIpc) is 2.08. The number of hydrogen-bond acceptors (Lipinski definition) is 1. The van der Waals surface area contributed by atoms with Crippen LogP contribution in [0.3, 0.4) is 0 Å². The number of hydrogen-bond donors (Lipinski definition) is 1. The van der Waals surface area contributed by atoms with Gasteiger partial charge >= 0.3 is 5.97 Å². The molecule has 1 N–H and O–H groups in total. The number of carboxylic acids is 1. The van der Waals surface area contributed by atoms with Crippen molar-refractivity contribution in [2.75, 3.05) is 4.43 Å². The minimum Gasteiger partial charge on any atom is -0.481 e. The van der Waals surface area contributed by atoms with Gasteiger partial charge in [-0.2, -0.15) is 0 Å². The molecule has 0 saturated heterocycles. The Bertz CT molecular complexity index is 185. The van der Waals surface area contributed by atoms with Gasteiger partial charge in [0, 0.05) is 0 Å². The molecule has 1 unspecified atom stereocenters. The fourth-order valence-electron chi connectivity index (χ4n) is 1.72. The van der Waals surface area contributed by atoms with Crippen LogP contribution in [0.2, 0.25) is 0 Å². The van der Waals surface area contributed by atoms with Gasteiger partial charge in [0.1, 0.15) is 0 Å². The topological polar surface area (TPSA) is 37.3 Å². The van der Waals surface area contributed by atoms with E-state index in [1.165, 1.54) is 23.7 Å². The summed E-state index contributed by atoms with van der Waals surface area (Å²) in [5.74, 6) is -0.839. The van der Waals surface area contributed by atoms with Gasteiger partial charge in [0.25, 0.3) is 0 Å². The van der Waals surface area contributed by atoms with E-state index < -0.39 is 5.97 Å². The molecule has 3 heteroatoms. The Balaban J connectivity index is 3.84. The van der Waals surface area contributed by atoms with Crippen LogP contribution in [0.25, 0.3) is 0 Å². The molecule has 15 heavy (non-hydrogen) atoms. The highest BCUT2D eigenvalue weighted by atomic mass is 127. The fraction of sp³-hybridized carbons (Fsp3) is 0.917. The normalized spacial score (nSPS) is 13.9. The number of aliphatic carboxylic acids is 1. The van der Waals surface area contributed by atoms with Gasteiger partial charge < -0.3 is 5.11 Å². The molecule has 0 saturated carbocycles. The third-order valence-electron chi connectivity index (χ3n) is 2.72. The summed E-state index contributed by atoms with van der Waals surface area (Å²) in [5, 5.41) is 9.11. The summed E-state index contributed by atoms with van der Waals surface area (Å²) in [6.45, 7) is 6.03. The standard InChI is InChI=1S/C12H23IO2/c1-12(2,3)10(11(14)15)8-6-4-5-7-9-13/h10H,4-9H2,1-3H3,(H,14,15). The first kappa shape index (κ1) is 15.2. The summed E-state index contributed by atoms with van der Waals surface area (Å²) in [6.07, 6.45) is 5.53. The Labute approximate surface area is 107 Å². The molecule has 1 atom stereocenters. The quantitative estimate of drug-likeness (QED) is 0.434. The van der Waals surface area contributed by atoms with Crippen LogP contribution in [-0.4, -0.2) is 15.5 Å². The van der Waals surface area contributed by atoms with Crippen molar-refractivity contribution in [3.05, 3.63) is 0 Å². The van der Waals surface area contributed by atoms with E-state index >= 15 is 0 Å². The number of rotatable bonds is 7. The molecule has 0 fully saturated rings. The van der Waals surface area contributed by atoms with Crippen LogP contribution < -0.4 is 0 Å². The highest BCUT2D eigenvalue weighted by Crippen LogP contribution is 2.30. The molecular formula is C12H23IO2. The van der Waals surface area contributed by atoms with Crippen molar-refractivity contribution in [3.63, 3.8) is 0 Å². The summed E-state index contributed by atoms with van der Waals surface area (Å²) in [6, 6.07) is 0. The molecule has 90 valence electrons. The van der Waals surface area contributed by atoms with E-state index in [4.69, 9.17) is 5.11 Å². The van der Waals surface area contributed by atoms with Crippen molar-refractivity contribution in [2.24, 2.45) is 11.3 Å². The molecule has 0 radical (unpaired) electrons. The highest BCUT2D eigenvalue weighted by molar-refractivity contribution is 14.1. The molecule has 0 amide bonds. The summed E-state index contributed by atoms with van der Waals surface area (Å²) in [4.78, 5) is 11.1. The lowest BCUT2D eigenvalue weighted by Gasteiger charge is -2.26. The minimum absolute atomic E-state index is 0.116. The van der Waals surface area contributed by atoms with E-state index in [0.29, 0.717) is 0 Å². The van der Waals surface area contributed by atoms with Crippen molar-refractivity contribution in [3.8, 4) is 0 Å². The summed E-state index contributed by atoms with van der Waals surface area (Å²) < 4.78 is 1.21. The second-order valence-corrected chi connectivity index (χ2v) is 6.23. The predicted octanol–water partition coefficient (Wildman–Crippen LogP) is 4.12. The number of halogens is 1. The fourth-order valence-corrected chi connectivity index (χ4v) is 2.26. The van der Waals surface area contributed by atoms with E-state index in [2.05, 4.69) is 22.6 Å². The Morgan fingerprint density at radius 2 is 1.73 bits per heavy atom. The van der Waals surface area contributed by atoms with Crippen LogP contribution in [-0.2, 0) is 4.79 Å². The van der Waals surface area contributed by atoms with Crippen LogP contribution in [0.4, 0.5) is 0 Å². The molecule has 0 aromatic rings. The first-order chi connectivity index (χ1) is 6.89. The van der Waals surface area contributed by atoms with Crippen molar-refractivity contribution < 1.29 is 9.90 Å². The monoisotopic (exact) mass is 326 g/mol. The average molecular weight is 326 g/mol. The van der Waals surface area contributed by atoms with Crippen molar-refractivity contribution >= 4 is 28.6 Å².